The van der Waals surface area contributed by atoms with E-state index in [1.807, 2.05) is 0 Å². The van der Waals surface area contributed by atoms with E-state index in [0.29, 0.717) is 12.0 Å². The van der Waals surface area contributed by atoms with Crippen molar-refractivity contribution >= 4 is 5.97 Å². The number of nitrogens with zero attached hydrogens (tertiary/aromatic N) is 1. The van der Waals surface area contributed by atoms with Crippen LogP contribution < -0.4 is 4.74 Å². The Hall–Kier alpha value is -2.33. The van der Waals surface area contributed by atoms with Crippen LogP contribution in [0.2, 0.25) is 0 Å². The largest absolute Gasteiger partial charge is 0.485 e. The van der Waals surface area contributed by atoms with Gasteiger partial charge in [0.15, 0.2) is 0 Å². The number of likely N-dealkylation sites (tertiary alicyclic amines) is 1. The van der Waals surface area contributed by atoms with Crippen molar-refractivity contribution in [2.75, 3.05) is 6.54 Å². The highest BCUT2D eigenvalue weighted by atomic mass is 16.5. The van der Waals surface area contributed by atoms with Gasteiger partial charge >= 0.3 is 5.97 Å². The van der Waals surface area contributed by atoms with Crippen molar-refractivity contribution < 1.29 is 14.6 Å². The third-order valence-corrected chi connectivity index (χ3v) is 7.55. The molecule has 1 aliphatic carbocycles. The van der Waals surface area contributed by atoms with Gasteiger partial charge < -0.3 is 9.84 Å². The summed E-state index contributed by atoms with van der Waals surface area (Å²) in [5.41, 5.74) is 5.42. The van der Waals surface area contributed by atoms with Crippen molar-refractivity contribution in [1.29, 1.82) is 0 Å². The average molecular weight is 420 g/mol. The number of aliphatic carboxylic acids is 1. The van der Waals surface area contributed by atoms with Crippen molar-refractivity contribution in [3.05, 3.63) is 64.7 Å². The number of fused-ring (bicyclic) bond motifs is 1. The fourth-order valence-electron chi connectivity index (χ4n) is 5.44. The fraction of sp³-hybridized carbons (Fsp3) is 0.519. The van der Waals surface area contributed by atoms with Crippen molar-refractivity contribution in [1.82, 2.24) is 4.90 Å². The lowest BCUT2D eigenvalue weighted by Gasteiger charge is -2.36. The predicted octanol–water partition coefficient (Wildman–Crippen LogP) is 5.53. The Labute approximate surface area is 185 Å². The monoisotopic (exact) mass is 419 g/mol. The van der Waals surface area contributed by atoms with Gasteiger partial charge in [0.2, 0.25) is 0 Å². The van der Waals surface area contributed by atoms with E-state index in [2.05, 4.69) is 47.4 Å². The Morgan fingerprint density at radius 3 is 2.84 bits per heavy atom. The Morgan fingerprint density at radius 2 is 2.03 bits per heavy atom. The molecule has 0 aromatic heterocycles. The summed E-state index contributed by atoms with van der Waals surface area (Å²) in [4.78, 5) is 13.9. The number of aryl methyl sites for hydroxylation is 1. The maximum Gasteiger partial charge on any atom is 0.306 e. The van der Waals surface area contributed by atoms with E-state index in [0.717, 1.165) is 30.7 Å². The summed E-state index contributed by atoms with van der Waals surface area (Å²) in [5.74, 6) is -0.224. The van der Waals surface area contributed by atoms with E-state index >= 15 is 0 Å². The van der Waals surface area contributed by atoms with Crippen molar-refractivity contribution in [2.45, 2.75) is 76.5 Å². The lowest BCUT2D eigenvalue weighted by atomic mass is 9.93. The first-order valence-electron chi connectivity index (χ1n) is 11.9. The molecule has 2 aromatic rings. The van der Waals surface area contributed by atoms with Gasteiger partial charge in [-0.25, -0.2) is 0 Å². The number of carboxylic acid groups (broad SMARTS) is 1. The fourth-order valence-corrected chi connectivity index (χ4v) is 5.44. The third kappa shape index (κ3) is 4.36. The zero-order valence-corrected chi connectivity index (χ0v) is 18.5. The van der Waals surface area contributed by atoms with Crippen LogP contribution in [0.4, 0.5) is 0 Å². The number of carbonyl (C=O) groups is 1. The maximum atomic E-state index is 11.2. The molecule has 1 saturated heterocycles. The molecule has 2 unspecified atom stereocenters. The molecular formula is C27H33NO3. The highest BCUT2D eigenvalue weighted by Gasteiger charge is 2.48. The second-order valence-corrected chi connectivity index (χ2v) is 9.88. The number of benzene rings is 2. The summed E-state index contributed by atoms with van der Waals surface area (Å²) >= 11 is 0. The van der Waals surface area contributed by atoms with Gasteiger partial charge in [-0.15, -0.1) is 0 Å². The molecule has 4 heteroatoms. The third-order valence-electron chi connectivity index (χ3n) is 7.55. The molecule has 2 fully saturated rings. The van der Waals surface area contributed by atoms with E-state index in [-0.39, 0.29) is 6.10 Å². The van der Waals surface area contributed by atoms with Crippen LogP contribution in [0, 0.1) is 5.92 Å². The van der Waals surface area contributed by atoms with Crippen LogP contribution in [0.1, 0.15) is 73.8 Å². The topological polar surface area (TPSA) is 49.8 Å². The highest BCUT2D eigenvalue weighted by Crippen LogP contribution is 2.49. The molecule has 31 heavy (non-hydrogen) atoms. The first kappa shape index (κ1) is 20.6. The standard InChI is InChI=1S/C27H33NO3/c1-19(26(29)30)15-20-7-8-22-9-10-24(31-25(22)17-20)23-6-4-5-21(16-23)18-28-14-3-2-11-27(28)12-13-27/h4-8,16-17,19,24H,2-3,9-15,18H2,1H3,(H,29,30). The number of piperidine rings is 1. The number of hydrogen-bond acceptors (Lipinski definition) is 3. The number of rotatable bonds is 6. The molecule has 2 heterocycles. The molecule has 0 bridgehead atoms. The van der Waals surface area contributed by atoms with E-state index in [9.17, 15) is 9.90 Å². The quantitative estimate of drug-likeness (QED) is 0.668. The van der Waals surface area contributed by atoms with Crippen molar-refractivity contribution in [3.8, 4) is 5.75 Å². The second-order valence-electron chi connectivity index (χ2n) is 9.88. The molecule has 1 spiro atoms. The minimum absolute atomic E-state index is 0.0656. The van der Waals surface area contributed by atoms with Gasteiger partial charge in [-0.05, 0) is 79.8 Å². The number of ether oxygens (including phenoxy) is 1. The summed E-state index contributed by atoms with van der Waals surface area (Å²) in [6, 6.07) is 15.2. The minimum Gasteiger partial charge on any atom is -0.485 e. The Balaban J connectivity index is 1.30. The second kappa shape index (κ2) is 8.31. The predicted molar refractivity (Wildman–Crippen MR) is 121 cm³/mol. The van der Waals surface area contributed by atoms with Gasteiger partial charge in [0, 0.05) is 12.1 Å². The van der Waals surface area contributed by atoms with Crippen LogP contribution in [0.15, 0.2) is 42.5 Å². The lowest BCUT2D eigenvalue weighted by Crippen LogP contribution is -2.40. The summed E-state index contributed by atoms with van der Waals surface area (Å²) in [7, 11) is 0. The van der Waals surface area contributed by atoms with E-state index in [1.165, 1.54) is 55.3 Å². The molecule has 4 nitrogen and oxygen atoms in total. The summed E-state index contributed by atoms with van der Waals surface area (Å²) in [6.07, 6.45) is 9.41. The lowest BCUT2D eigenvalue weighted by molar-refractivity contribution is -0.141. The Morgan fingerprint density at radius 1 is 1.16 bits per heavy atom. The van der Waals surface area contributed by atoms with Crippen molar-refractivity contribution in [2.24, 2.45) is 5.92 Å². The van der Waals surface area contributed by atoms with Crippen LogP contribution in [0.25, 0.3) is 0 Å². The van der Waals surface area contributed by atoms with Crippen LogP contribution >= 0.6 is 0 Å². The van der Waals surface area contributed by atoms with E-state index in [4.69, 9.17) is 4.74 Å². The first-order valence-corrected chi connectivity index (χ1v) is 11.9. The van der Waals surface area contributed by atoms with Gasteiger partial charge in [0.1, 0.15) is 11.9 Å². The molecule has 0 amide bonds. The van der Waals surface area contributed by atoms with Gasteiger partial charge in [0.25, 0.3) is 0 Å². The van der Waals surface area contributed by atoms with Crippen LogP contribution in [-0.4, -0.2) is 28.1 Å². The molecular weight excluding hydrogens is 386 g/mol. The minimum atomic E-state index is -0.755. The normalized spacial score (nSPS) is 23.1. The molecule has 164 valence electrons. The van der Waals surface area contributed by atoms with Gasteiger partial charge in [-0.3, -0.25) is 9.69 Å². The maximum absolute atomic E-state index is 11.2. The molecule has 0 radical (unpaired) electrons. The van der Waals surface area contributed by atoms with Gasteiger partial charge in [-0.2, -0.15) is 0 Å². The van der Waals surface area contributed by atoms with Crippen LogP contribution in [0.5, 0.6) is 5.75 Å². The van der Waals surface area contributed by atoms with E-state index in [1.54, 1.807) is 6.92 Å². The van der Waals surface area contributed by atoms with E-state index < -0.39 is 11.9 Å². The van der Waals surface area contributed by atoms with Crippen LogP contribution in [0.3, 0.4) is 0 Å². The molecule has 3 aliphatic rings. The molecule has 2 atom stereocenters. The average Bonchev–Trinajstić information content (AvgIpc) is 3.55. The van der Waals surface area contributed by atoms with Gasteiger partial charge in [-0.1, -0.05) is 49.7 Å². The molecule has 1 saturated carbocycles. The smallest absolute Gasteiger partial charge is 0.306 e. The van der Waals surface area contributed by atoms with Gasteiger partial charge in [0.05, 0.1) is 5.92 Å². The molecule has 5 rings (SSSR count). The Kier molecular flexibility index (Phi) is 5.51. The zero-order valence-electron chi connectivity index (χ0n) is 18.5. The summed E-state index contributed by atoms with van der Waals surface area (Å²) in [6.45, 7) is 4.04. The molecule has 1 N–H and O–H groups in total. The summed E-state index contributed by atoms with van der Waals surface area (Å²) in [5, 5.41) is 9.22. The zero-order chi connectivity index (χ0) is 21.4. The molecule has 2 aliphatic heterocycles. The SMILES string of the molecule is CC(Cc1ccc2c(c1)OC(c1cccc(CN3CCCCC34CC4)c1)CC2)C(=O)O. The highest BCUT2D eigenvalue weighted by molar-refractivity contribution is 5.70. The van der Waals surface area contributed by atoms with Crippen molar-refractivity contribution in [3.63, 3.8) is 0 Å². The summed E-state index contributed by atoms with van der Waals surface area (Å²) < 4.78 is 6.44. The van der Waals surface area contributed by atoms with Crippen LogP contribution in [-0.2, 0) is 24.2 Å². The first-order chi connectivity index (χ1) is 15.0. The Bertz CT molecular complexity index is 965. The number of carboxylic acids is 1. The number of hydrogen-bond donors (Lipinski definition) is 1. The molecule has 2 aromatic carbocycles.